The van der Waals surface area contributed by atoms with Crippen molar-refractivity contribution in [2.24, 2.45) is 10.9 Å². The molecule has 1 unspecified atom stereocenters. The Labute approximate surface area is 164 Å². The van der Waals surface area contributed by atoms with Gasteiger partial charge in [0.25, 0.3) is 0 Å². The number of nitrogens with zero attached hydrogens (tertiary/aromatic N) is 3. The maximum atomic E-state index is 5.67. The molecule has 142 valence electrons. The number of guanidine groups is 1. The predicted octanol–water partition coefficient (Wildman–Crippen LogP) is 1.22. The zero-order chi connectivity index (χ0) is 16.5. The summed E-state index contributed by atoms with van der Waals surface area (Å²) in [5.41, 5.74) is 0. The topological polar surface area (TPSA) is 52.1 Å². The van der Waals surface area contributed by atoms with Crippen molar-refractivity contribution >= 4 is 29.9 Å². The van der Waals surface area contributed by atoms with Crippen LogP contribution in [0.3, 0.4) is 0 Å². The van der Waals surface area contributed by atoms with Crippen LogP contribution in [0.2, 0.25) is 0 Å². The molecule has 2 aliphatic rings. The number of hydrogen-bond acceptors (Lipinski definition) is 4. The molecule has 0 aromatic rings. The second-order valence-electron chi connectivity index (χ2n) is 6.91. The molecule has 1 atom stereocenters. The van der Waals surface area contributed by atoms with E-state index in [1.54, 1.807) is 0 Å². The molecule has 1 aliphatic heterocycles. The molecule has 2 fully saturated rings. The zero-order valence-corrected chi connectivity index (χ0v) is 17.9. The Hall–Kier alpha value is -0.120. The summed E-state index contributed by atoms with van der Waals surface area (Å²) in [5, 5.41) is 6.75. The number of aliphatic imine (C=N–C) groups is 1. The molecule has 0 spiro atoms. The highest BCUT2D eigenvalue weighted by molar-refractivity contribution is 14.0. The fraction of sp³-hybridized carbons (Fsp3) is 0.941. The van der Waals surface area contributed by atoms with Crippen molar-refractivity contribution in [2.75, 3.05) is 66.6 Å². The Morgan fingerprint density at radius 2 is 2.00 bits per heavy atom. The van der Waals surface area contributed by atoms with Crippen LogP contribution in [0, 0.1) is 5.92 Å². The lowest BCUT2D eigenvalue weighted by Gasteiger charge is -2.36. The van der Waals surface area contributed by atoms with Crippen LogP contribution in [-0.4, -0.2) is 88.4 Å². The van der Waals surface area contributed by atoms with E-state index in [1.807, 2.05) is 0 Å². The molecule has 0 aromatic carbocycles. The van der Waals surface area contributed by atoms with Crippen LogP contribution in [0.25, 0.3) is 0 Å². The highest BCUT2D eigenvalue weighted by atomic mass is 127. The molecule has 0 aromatic heterocycles. The minimum Gasteiger partial charge on any atom is -0.381 e. The average molecular weight is 453 g/mol. The minimum atomic E-state index is 0. The van der Waals surface area contributed by atoms with Crippen molar-refractivity contribution in [1.82, 2.24) is 20.4 Å². The highest BCUT2D eigenvalue weighted by Crippen LogP contribution is 2.28. The number of rotatable bonds is 9. The zero-order valence-electron chi connectivity index (χ0n) is 15.6. The Balaban J connectivity index is 0.00000288. The van der Waals surface area contributed by atoms with Gasteiger partial charge in [-0.15, -0.1) is 24.0 Å². The lowest BCUT2D eigenvalue weighted by molar-refractivity contribution is 0.119. The summed E-state index contributed by atoms with van der Waals surface area (Å²) in [6.45, 7) is 9.92. The van der Waals surface area contributed by atoms with Crippen LogP contribution in [0.5, 0.6) is 0 Å². The van der Waals surface area contributed by atoms with Gasteiger partial charge in [0.1, 0.15) is 0 Å². The smallest absolute Gasteiger partial charge is 0.191 e. The molecular weight excluding hydrogens is 417 g/mol. The predicted molar refractivity (Wildman–Crippen MR) is 111 cm³/mol. The normalized spacial score (nSPS) is 23.0. The standard InChI is InChI=1S/C17H35N5O.HI/c1-4-18-17(19-8-5-11-23-14-15-6-7-15)20-12-16-13-21(2)9-10-22(16)3;/h15-16H,4-14H2,1-3H3,(H2,18,19,20);1H. The molecule has 0 bridgehead atoms. The van der Waals surface area contributed by atoms with E-state index in [2.05, 4.69) is 41.5 Å². The molecular formula is C17H36IN5O. The molecule has 6 nitrogen and oxygen atoms in total. The van der Waals surface area contributed by atoms with E-state index in [0.29, 0.717) is 6.04 Å². The van der Waals surface area contributed by atoms with E-state index in [1.165, 1.54) is 12.8 Å². The van der Waals surface area contributed by atoms with Gasteiger partial charge in [-0.2, -0.15) is 0 Å². The third-order valence-corrected chi connectivity index (χ3v) is 4.59. The van der Waals surface area contributed by atoms with Crippen LogP contribution in [0.4, 0.5) is 0 Å². The fourth-order valence-electron chi connectivity index (χ4n) is 2.75. The van der Waals surface area contributed by atoms with E-state index < -0.39 is 0 Å². The molecule has 1 saturated carbocycles. The molecule has 24 heavy (non-hydrogen) atoms. The number of nitrogens with one attached hydrogen (secondary N) is 2. The summed E-state index contributed by atoms with van der Waals surface area (Å²) in [6, 6.07) is 0.506. The molecule has 2 N–H and O–H groups in total. The molecule has 7 heteroatoms. The molecule has 0 radical (unpaired) electrons. The van der Waals surface area contributed by atoms with Crippen LogP contribution in [-0.2, 0) is 4.74 Å². The summed E-state index contributed by atoms with van der Waals surface area (Å²) in [7, 11) is 4.39. The van der Waals surface area contributed by atoms with Gasteiger partial charge >= 0.3 is 0 Å². The Morgan fingerprint density at radius 1 is 1.21 bits per heavy atom. The number of ether oxygens (including phenoxy) is 1. The van der Waals surface area contributed by atoms with E-state index >= 15 is 0 Å². The monoisotopic (exact) mass is 453 g/mol. The van der Waals surface area contributed by atoms with E-state index in [0.717, 1.165) is 70.8 Å². The molecule has 0 amide bonds. The first kappa shape index (κ1) is 21.9. The largest absolute Gasteiger partial charge is 0.381 e. The number of hydrogen-bond donors (Lipinski definition) is 2. The van der Waals surface area contributed by atoms with Crippen molar-refractivity contribution in [2.45, 2.75) is 32.2 Å². The number of likely N-dealkylation sites (N-methyl/N-ethyl adjacent to an activating group) is 2. The average Bonchev–Trinajstić information content (AvgIpc) is 3.35. The summed E-state index contributed by atoms with van der Waals surface area (Å²) >= 11 is 0. The summed E-state index contributed by atoms with van der Waals surface area (Å²) < 4.78 is 5.67. The first-order valence-corrected chi connectivity index (χ1v) is 9.17. The third-order valence-electron chi connectivity index (χ3n) is 4.59. The quantitative estimate of drug-likeness (QED) is 0.238. The summed E-state index contributed by atoms with van der Waals surface area (Å²) in [5.74, 6) is 1.78. The van der Waals surface area contributed by atoms with E-state index in [4.69, 9.17) is 9.73 Å². The van der Waals surface area contributed by atoms with Gasteiger partial charge in [0.2, 0.25) is 0 Å². The number of piperazine rings is 1. The number of halogens is 1. The molecule has 1 saturated heterocycles. The maximum absolute atomic E-state index is 5.67. The molecule has 1 aliphatic carbocycles. The summed E-state index contributed by atoms with van der Waals surface area (Å²) in [4.78, 5) is 9.57. The van der Waals surface area contributed by atoms with Crippen molar-refractivity contribution in [3.05, 3.63) is 0 Å². The second kappa shape index (κ2) is 12.3. The van der Waals surface area contributed by atoms with Crippen molar-refractivity contribution < 1.29 is 4.74 Å². The van der Waals surface area contributed by atoms with Crippen LogP contribution in [0.15, 0.2) is 4.99 Å². The first-order valence-electron chi connectivity index (χ1n) is 9.17. The maximum Gasteiger partial charge on any atom is 0.191 e. The minimum absolute atomic E-state index is 0. The van der Waals surface area contributed by atoms with Crippen molar-refractivity contribution in [3.63, 3.8) is 0 Å². The fourth-order valence-corrected chi connectivity index (χ4v) is 2.75. The Morgan fingerprint density at radius 3 is 2.71 bits per heavy atom. The van der Waals surface area contributed by atoms with Crippen LogP contribution in [0.1, 0.15) is 26.2 Å². The first-order chi connectivity index (χ1) is 11.2. The van der Waals surface area contributed by atoms with Gasteiger partial charge < -0.3 is 20.3 Å². The Bertz CT molecular complexity index is 365. The van der Waals surface area contributed by atoms with Crippen LogP contribution >= 0.6 is 24.0 Å². The highest BCUT2D eigenvalue weighted by Gasteiger charge is 2.22. The van der Waals surface area contributed by atoms with Gasteiger partial charge in [0.15, 0.2) is 5.96 Å². The van der Waals surface area contributed by atoms with E-state index in [9.17, 15) is 0 Å². The summed E-state index contributed by atoms with van der Waals surface area (Å²) in [6.07, 6.45) is 3.75. The van der Waals surface area contributed by atoms with Gasteiger partial charge in [-0.05, 0) is 46.2 Å². The van der Waals surface area contributed by atoms with Gasteiger partial charge in [0, 0.05) is 52.0 Å². The SMILES string of the molecule is CCNC(=NCC1CN(C)CCN1C)NCCCOCC1CC1.I. The van der Waals surface area contributed by atoms with Gasteiger partial charge in [-0.1, -0.05) is 0 Å². The van der Waals surface area contributed by atoms with Crippen LogP contribution < -0.4 is 10.6 Å². The van der Waals surface area contributed by atoms with Crippen molar-refractivity contribution in [3.8, 4) is 0 Å². The van der Waals surface area contributed by atoms with E-state index in [-0.39, 0.29) is 24.0 Å². The lowest BCUT2D eigenvalue weighted by atomic mass is 10.2. The molecule has 2 rings (SSSR count). The lowest BCUT2D eigenvalue weighted by Crippen LogP contribution is -2.51. The third kappa shape index (κ3) is 8.82. The van der Waals surface area contributed by atoms with Crippen molar-refractivity contribution in [1.29, 1.82) is 0 Å². The van der Waals surface area contributed by atoms with Gasteiger partial charge in [-0.25, -0.2) is 0 Å². The Kier molecular flexibility index (Phi) is 11.2. The molecule has 1 heterocycles. The van der Waals surface area contributed by atoms with Gasteiger partial charge in [-0.3, -0.25) is 9.89 Å². The van der Waals surface area contributed by atoms with Gasteiger partial charge in [0.05, 0.1) is 6.54 Å². The second-order valence-corrected chi connectivity index (χ2v) is 6.91.